The third-order valence-electron chi connectivity index (χ3n) is 10.8. The molecule has 0 radical (unpaired) electrons. The second-order valence-electron chi connectivity index (χ2n) is 15.9. The first-order valence-electron chi connectivity index (χ1n) is 17.9. The number of benzene rings is 1. The molecule has 17 heteroatoms. The maximum Gasteiger partial charge on any atom is 0.408 e. The van der Waals surface area contributed by atoms with Crippen LogP contribution in [0.3, 0.4) is 0 Å². The topological polar surface area (TPSA) is 188 Å². The molecule has 0 spiro atoms. The number of nitrogens with one attached hydrogen (secondary N) is 2. The van der Waals surface area contributed by atoms with Crippen LogP contribution in [0.2, 0.25) is 0 Å². The summed E-state index contributed by atoms with van der Waals surface area (Å²) < 4.78 is 48.4. The number of carboxylic acid groups (broad SMARTS) is 1. The maximum absolute atomic E-state index is 14.7. The number of aryl methyl sites for hydroxylation is 1. The van der Waals surface area contributed by atoms with Crippen molar-refractivity contribution in [3.05, 3.63) is 40.3 Å². The first-order valence-corrected chi connectivity index (χ1v) is 20.2. The highest BCUT2D eigenvalue weighted by molar-refractivity contribution is 9.10. The lowest BCUT2D eigenvalue weighted by Crippen LogP contribution is -2.61. The molecule has 3 fully saturated rings. The molecule has 1 saturated heterocycles. The highest BCUT2D eigenvalue weighted by atomic mass is 79.9. The monoisotopic (exact) mass is 820 g/mol. The summed E-state index contributed by atoms with van der Waals surface area (Å²) in [5.74, 6) is -3.10. The van der Waals surface area contributed by atoms with Crippen LogP contribution in [-0.2, 0) is 24.4 Å². The molecule has 2 aliphatic carbocycles. The molecule has 2 aromatic rings. The molecule has 14 nitrogen and oxygen atoms in total. The Morgan fingerprint density at radius 3 is 2.55 bits per heavy atom. The zero-order valence-corrected chi connectivity index (χ0v) is 32.9. The minimum Gasteiger partial charge on any atom is -0.471 e. The van der Waals surface area contributed by atoms with Gasteiger partial charge < -0.3 is 20.1 Å². The predicted octanol–water partition coefficient (Wildman–Crippen LogP) is 4.73. The summed E-state index contributed by atoms with van der Waals surface area (Å²) in [7, 11) is -4.02. The molecule has 288 valence electrons. The molecule has 0 unspecified atom stereocenters. The summed E-state index contributed by atoms with van der Waals surface area (Å²) in [5.41, 5.74) is -1.54. The molecule has 53 heavy (non-hydrogen) atoms. The van der Waals surface area contributed by atoms with Crippen LogP contribution < -0.4 is 14.8 Å². The largest absolute Gasteiger partial charge is 0.471 e. The molecule has 1 aromatic carbocycles. The molecule has 4 aliphatic rings. The molecule has 4 amide bonds. The van der Waals surface area contributed by atoms with Crippen molar-refractivity contribution < 1.29 is 41.8 Å². The number of halogens is 2. The number of aromatic nitrogens is 2. The Morgan fingerprint density at radius 1 is 1.17 bits per heavy atom. The van der Waals surface area contributed by atoms with E-state index in [0.29, 0.717) is 47.8 Å². The number of hydrogen-bond donors (Lipinski definition) is 3. The molecular formula is C36H46BrFN6O8S. The fourth-order valence-electron chi connectivity index (χ4n) is 7.34. The average molecular weight is 822 g/mol. The smallest absolute Gasteiger partial charge is 0.408 e. The number of nitrogens with zero attached hydrogens (tertiary/aromatic N) is 4. The first-order chi connectivity index (χ1) is 24.8. The van der Waals surface area contributed by atoms with E-state index in [1.54, 1.807) is 34.6 Å². The van der Waals surface area contributed by atoms with Crippen LogP contribution in [0.1, 0.15) is 91.2 Å². The van der Waals surface area contributed by atoms with E-state index in [9.17, 15) is 37.1 Å². The van der Waals surface area contributed by atoms with Gasteiger partial charge in [0, 0.05) is 28.4 Å². The van der Waals surface area contributed by atoms with Gasteiger partial charge in [-0.05, 0) is 95.1 Å². The highest BCUT2D eigenvalue weighted by Crippen LogP contribution is 2.47. The lowest BCUT2D eigenvalue weighted by Gasteiger charge is -2.41. The van der Waals surface area contributed by atoms with Gasteiger partial charge in [0.15, 0.2) is 0 Å². The normalized spacial score (nSPS) is 27.5. The average Bonchev–Trinajstić information content (AvgIpc) is 3.93. The Bertz CT molecular complexity index is 1990. The number of sulfonamides is 1. The van der Waals surface area contributed by atoms with E-state index in [1.807, 2.05) is 12.2 Å². The Labute approximate surface area is 316 Å². The third-order valence-corrected chi connectivity index (χ3v) is 13.5. The zero-order valence-electron chi connectivity index (χ0n) is 30.4. The number of rotatable bonds is 6. The van der Waals surface area contributed by atoms with Gasteiger partial charge in [-0.1, -0.05) is 25.0 Å². The number of carbonyl (C=O) groups is 4. The van der Waals surface area contributed by atoms with Crippen molar-refractivity contribution in [2.24, 2.45) is 5.92 Å². The lowest BCUT2D eigenvalue weighted by molar-refractivity contribution is -0.144. The van der Waals surface area contributed by atoms with Gasteiger partial charge in [-0.2, -0.15) is 0 Å². The predicted molar refractivity (Wildman–Crippen MR) is 196 cm³/mol. The van der Waals surface area contributed by atoms with Crippen LogP contribution in [0.25, 0.3) is 11.0 Å². The van der Waals surface area contributed by atoms with Crippen LogP contribution in [-0.4, -0.2) is 97.7 Å². The van der Waals surface area contributed by atoms with Gasteiger partial charge in [0.1, 0.15) is 40.8 Å². The van der Waals surface area contributed by atoms with Crippen molar-refractivity contribution in [3.8, 4) is 5.88 Å². The van der Waals surface area contributed by atoms with Crippen LogP contribution in [0.5, 0.6) is 5.88 Å². The van der Waals surface area contributed by atoms with Crippen LogP contribution in [0, 0.1) is 18.7 Å². The first kappa shape index (κ1) is 38.9. The minimum atomic E-state index is -4.02. The summed E-state index contributed by atoms with van der Waals surface area (Å²) in [4.78, 5) is 67.0. The Kier molecular flexibility index (Phi) is 10.3. The van der Waals surface area contributed by atoms with Crippen molar-refractivity contribution in [1.29, 1.82) is 0 Å². The number of hydrogen-bond acceptors (Lipinski definition) is 9. The van der Waals surface area contributed by atoms with E-state index < -0.39 is 79.6 Å². The number of amides is 4. The number of ether oxygens (including phenoxy) is 1. The van der Waals surface area contributed by atoms with E-state index in [-0.39, 0.29) is 37.2 Å². The van der Waals surface area contributed by atoms with Crippen molar-refractivity contribution in [3.63, 3.8) is 0 Å². The molecule has 2 saturated carbocycles. The molecular weight excluding hydrogens is 775 g/mol. The van der Waals surface area contributed by atoms with Gasteiger partial charge in [0.25, 0.3) is 5.91 Å². The number of fused-ring (bicyclic) bond motifs is 3. The minimum absolute atomic E-state index is 0.0620. The number of carbonyl (C=O) groups excluding carboxylic acids is 3. The van der Waals surface area contributed by atoms with Gasteiger partial charge in [0.05, 0.1) is 16.8 Å². The molecule has 3 heterocycles. The van der Waals surface area contributed by atoms with Gasteiger partial charge in [-0.15, -0.1) is 0 Å². The summed E-state index contributed by atoms with van der Waals surface area (Å²) in [6.45, 7) is 8.18. The lowest BCUT2D eigenvalue weighted by atomic mass is 9.98. The summed E-state index contributed by atoms with van der Waals surface area (Å²) in [5, 5.41) is 13.2. The van der Waals surface area contributed by atoms with E-state index in [0.717, 1.165) is 11.3 Å². The van der Waals surface area contributed by atoms with Gasteiger partial charge >= 0.3 is 6.09 Å². The van der Waals surface area contributed by atoms with Crippen LogP contribution in [0.15, 0.2) is 28.8 Å². The fraction of sp³-hybridized carbons (Fsp3) is 0.611. The molecule has 2 aliphatic heterocycles. The van der Waals surface area contributed by atoms with Crippen molar-refractivity contribution in [1.82, 2.24) is 29.8 Å². The Balaban J connectivity index is 1.36. The molecule has 3 N–H and O–H groups in total. The fourth-order valence-corrected chi connectivity index (χ4v) is 9.17. The number of allylic oxidation sites excluding steroid dienone is 1. The van der Waals surface area contributed by atoms with Crippen molar-refractivity contribution >= 4 is 60.8 Å². The van der Waals surface area contributed by atoms with E-state index >= 15 is 0 Å². The van der Waals surface area contributed by atoms with Gasteiger partial charge in [-0.3, -0.25) is 24.0 Å². The third kappa shape index (κ3) is 7.73. The van der Waals surface area contributed by atoms with Crippen molar-refractivity contribution in [2.45, 2.75) is 126 Å². The second kappa shape index (κ2) is 14.1. The summed E-state index contributed by atoms with van der Waals surface area (Å²) in [6, 6.07) is 0.122. The van der Waals surface area contributed by atoms with Crippen LogP contribution >= 0.6 is 15.9 Å². The second-order valence-corrected chi connectivity index (χ2v) is 19.0. The van der Waals surface area contributed by atoms with Gasteiger partial charge in [0.2, 0.25) is 27.7 Å². The van der Waals surface area contributed by atoms with E-state index in [2.05, 4.69) is 35.9 Å². The van der Waals surface area contributed by atoms with E-state index in [1.165, 1.54) is 17.0 Å². The molecule has 5 atom stereocenters. The standard InChI is InChI=1S/C36H46BrFN6O8S/c1-20-30(40-25-16-22(38)15-24(37)28(25)39-20)52-23-17-27-29(45)41-36(32(47)42-53(50,51)35(5)13-14-35)18-21(36)11-9-7-6-8-10-12-26(31(46)43(27)19-23)44(33(48)49)34(2,3)4/h9,11,15-16,21,23,26-27H,6-8,10,12-14,17-19H2,1-5H3,(H,41,45)(H,42,47)(H,48,49)/t21-,23-,26+,27+,36-/m1/s1. The Hall–Kier alpha value is -3.86. The van der Waals surface area contributed by atoms with Crippen LogP contribution in [0.4, 0.5) is 9.18 Å². The molecule has 6 rings (SSSR count). The maximum atomic E-state index is 14.7. The molecule has 0 bridgehead atoms. The SMILES string of the molecule is Cc1nc2c(Br)cc(F)cc2nc1O[C@@H]1C[C@H]2C(=O)N[C@]3(C(=O)NS(=O)(=O)C4(C)CC4)C[C@H]3C=CCCCCC[C@H](N(C(=O)O)C(C)(C)C)C(=O)N2C1. The quantitative estimate of drug-likeness (QED) is 0.344. The van der Waals surface area contributed by atoms with Crippen molar-refractivity contribution in [2.75, 3.05) is 6.54 Å². The van der Waals surface area contributed by atoms with E-state index in [4.69, 9.17) is 4.74 Å². The molecule has 1 aromatic heterocycles. The summed E-state index contributed by atoms with van der Waals surface area (Å²) >= 11 is 3.31. The van der Waals surface area contributed by atoms with Gasteiger partial charge in [-0.25, -0.2) is 27.6 Å². The highest BCUT2D eigenvalue weighted by Gasteiger charge is 2.63. The summed E-state index contributed by atoms with van der Waals surface area (Å²) in [6.07, 6.45) is 5.37. The zero-order chi connectivity index (χ0) is 38.7. The Morgan fingerprint density at radius 2 is 1.89 bits per heavy atom.